The van der Waals surface area contributed by atoms with Gasteiger partial charge in [-0.15, -0.1) is 11.6 Å². The number of alkyl halides is 1. The van der Waals surface area contributed by atoms with Gasteiger partial charge in [0.25, 0.3) is 5.56 Å². The minimum Gasteiger partial charge on any atom is -0.506 e. The molecule has 1 heterocycles. The van der Waals surface area contributed by atoms with Crippen molar-refractivity contribution in [1.29, 1.82) is 0 Å². The number of phenols is 1. The third-order valence-corrected chi connectivity index (χ3v) is 6.03. The normalized spacial score (nSPS) is 10.9. The number of hydrogen-bond acceptors (Lipinski definition) is 6. The molecule has 0 bridgehead atoms. The average molecular weight is 524 g/mol. The zero-order valence-electron chi connectivity index (χ0n) is 20.1. The molecule has 0 fully saturated rings. The number of carbonyl (C=O) groups is 1. The smallest absolute Gasteiger partial charge is 0.331 e. The maximum Gasteiger partial charge on any atom is 0.331 e. The first-order valence-corrected chi connectivity index (χ1v) is 12.1. The summed E-state index contributed by atoms with van der Waals surface area (Å²) in [7, 11) is 1.56. The molecular weight excluding hydrogens is 498 g/mol. The summed E-state index contributed by atoms with van der Waals surface area (Å²) in [5, 5.41) is 13.4. The molecule has 9 nitrogen and oxygen atoms in total. The Kier molecular flexibility index (Phi) is 8.15. The zero-order valence-corrected chi connectivity index (χ0v) is 20.9. The predicted molar refractivity (Wildman–Crippen MR) is 142 cm³/mol. The number of methoxy groups -OCH3 is 1. The number of halogens is 1. The van der Waals surface area contributed by atoms with E-state index < -0.39 is 11.2 Å². The zero-order chi connectivity index (χ0) is 26.4. The molecule has 0 radical (unpaired) electrons. The highest BCUT2D eigenvalue weighted by atomic mass is 35.5. The Morgan fingerprint density at radius 1 is 1.00 bits per heavy atom. The van der Waals surface area contributed by atoms with Crippen LogP contribution >= 0.6 is 11.6 Å². The second-order valence-electron chi connectivity index (χ2n) is 8.23. The monoisotopic (exact) mass is 523 g/mol. The maximum atomic E-state index is 13.4. The quantitative estimate of drug-likeness (QED) is 0.243. The lowest BCUT2D eigenvalue weighted by atomic mass is 10.2. The first-order chi connectivity index (χ1) is 17.9. The van der Waals surface area contributed by atoms with Crippen LogP contribution in [0.3, 0.4) is 0 Å². The molecule has 192 valence electrons. The van der Waals surface area contributed by atoms with Gasteiger partial charge in [0.2, 0.25) is 5.91 Å². The number of anilines is 1. The Balaban J connectivity index is 1.60. The Hall–Kier alpha value is -4.24. The summed E-state index contributed by atoms with van der Waals surface area (Å²) in [5.41, 5.74) is 0.400. The molecule has 1 amide bonds. The Bertz CT molecular complexity index is 1530. The number of ether oxygens (including phenoxy) is 2. The van der Waals surface area contributed by atoms with Crippen LogP contribution in [-0.4, -0.2) is 39.7 Å². The second-order valence-corrected chi connectivity index (χ2v) is 8.49. The molecule has 0 saturated carbocycles. The van der Waals surface area contributed by atoms with Gasteiger partial charge >= 0.3 is 5.69 Å². The number of carbonyl (C=O) groups excluding carboxylic acids is 1. The molecule has 0 aliphatic carbocycles. The van der Waals surface area contributed by atoms with Crippen molar-refractivity contribution in [2.45, 2.75) is 19.5 Å². The van der Waals surface area contributed by atoms with Crippen LogP contribution in [0.5, 0.6) is 17.2 Å². The van der Waals surface area contributed by atoms with Gasteiger partial charge in [0, 0.05) is 6.54 Å². The van der Waals surface area contributed by atoms with Crippen molar-refractivity contribution in [2.24, 2.45) is 0 Å². The first-order valence-electron chi connectivity index (χ1n) is 11.6. The van der Waals surface area contributed by atoms with E-state index in [1.54, 1.807) is 67.8 Å². The van der Waals surface area contributed by atoms with Crippen LogP contribution in [0.15, 0.2) is 76.3 Å². The van der Waals surface area contributed by atoms with E-state index in [9.17, 15) is 19.5 Å². The van der Waals surface area contributed by atoms with Crippen molar-refractivity contribution >= 4 is 34.1 Å². The summed E-state index contributed by atoms with van der Waals surface area (Å²) in [5.74, 6) is 0.440. The molecule has 0 saturated heterocycles. The molecule has 1 aromatic heterocycles. The molecule has 0 aliphatic heterocycles. The number of hydrogen-bond donors (Lipinski definition) is 2. The summed E-state index contributed by atoms with van der Waals surface area (Å²) in [6.45, 7) is 0.469. The summed E-state index contributed by atoms with van der Waals surface area (Å²) in [6.07, 6.45) is 0.391. The highest BCUT2D eigenvalue weighted by molar-refractivity contribution is 6.29. The second kappa shape index (κ2) is 11.7. The number of nitrogens with one attached hydrogen (secondary N) is 1. The minimum absolute atomic E-state index is 0.0669. The molecular formula is C27H26ClN3O6. The van der Waals surface area contributed by atoms with E-state index in [0.717, 1.165) is 10.1 Å². The summed E-state index contributed by atoms with van der Waals surface area (Å²) in [6, 6.07) is 18.6. The highest BCUT2D eigenvalue weighted by Gasteiger charge is 2.16. The van der Waals surface area contributed by atoms with Crippen molar-refractivity contribution in [1.82, 2.24) is 9.13 Å². The third-order valence-electron chi connectivity index (χ3n) is 5.79. The summed E-state index contributed by atoms with van der Waals surface area (Å²) in [4.78, 5) is 38.3. The maximum absolute atomic E-state index is 13.4. The number of aryl methyl sites for hydroxylation is 1. The van der Waals surface area contributed by atoms with E-state index >= 15 is 0 Å². The van der Waals surface area contributed by atoms with Crippen LogP contribution in [0, 0.1) is 0 Å². The van der Waals surface area contributed by atoms with E-state index in [2.05, 4.69) is 5.32 Å². The lowest BCUT2D eigenvalue weighted by molar-refractivity contribution is -0.113. The van der Waals surface area contributed by atoms with E-state index in [1.807, 2.05) is 0 Å². The van der Waals surface area contributed by atoms with E-state index in [-0.39, 0.29) is 48.1 Å². The van der Waals surface area contributed by atoms with Crippen LogP contribution in [0.4, 0.5) is 5.69 Å². The predicted octanol–water partition coefficient (Wildman–Crippen LogP) is 3.57. The van der Waals surface area contributed by atoms with Crippen LogP contribution < -0.4 is 26.0 Å². The van der Waals surface area contributed by atoms with Crippen molar-refractivity contribution in [3.8, 4) is 17.2 Å². The number of nitrogens with zero attached hydrogens (tertiary/aromatic N) is 2. The Morgan fingerprint density at radius 3 is 2.49 bits per heavy atom. The van der Waals surface area contributed by atoms with Gasteiger partial charge < -0.3 is 19.9 Å². The number of amides is 1. The molecule has 2 N–H and O–H groups in total. The number of fused-ring (bicyclic) bond motifs is 1. The lowest BCUT2D eigenvalue weighted by Crippen LogP contribution is -2.40. The number of para-hydroxylation sites is 3. The number of phenolic OH excluding ortho intramolecular Hbond substituents is 1. The largest absolute Gasteiger partial charge is 0.506 e. The van der Waals surface area contributed by atoms with Gasteiger partial charge in [-0.1, -0.05) is 30.3 Å². The Morgan fingerprint density at radius 2 is 1.76 bits per heavy atom. The third kappa shape index (κ3) is 5.78. The van der Waals surface area contributed by atoms with Gasteiger partial charge in [0.1, 0.15) is 28.6 Å². The standard InChI is InChI=1S/C27H26ClN3O6/c1-36-19-12-10-18(11-13-19)17-31-26(34)20-6-4-8-22(32)25(20)30(27(31)35)14-5-15-37-23-9-3-2-7-21(23)29-24(33)16-28/h2-4,6-13,32H,5,14-17H2,1H3,(H,29,33). The fraction of sp³-hybridized carbons (Fsp3) is 0.222. The fourth-order valence-electron chi connectivity index (χ4n) is 4.01. The van der Waals surface area contributed by atoms with Gasteiger partial charge in [-0.05, 0) is 48.4 Å². The lowest BCUT2D eigenvalue weighted by Gasteiger charge is -2.16. The first kappa shape index (κ1) is 25.8. The number of benzene rings is 3. The summed E-state index contributed by atoms with van der Waals surface area (Å²) >= 11 is 5.58. The van der Waals surface area contributed by atoms with Gasteiger partial charge in [-0.2, -0.15) is 0 Å². The molecule has 37 heavy (non-hydrogen) atoms. The number of aromatic nitrogens is 2. The van der Waals surface area contributed by atoms with Crippen molar-refractivity contribution in [3.05, 3.63) is 93.1 Å². The SMILES string of the molecule is COc1ccc(Cn2c(=O)c3cccc(O)c3n(CCCOc3ccccc3NC(=O)CCl)c2=O)cc1. The van der Waals surface area contributed by atoms with Crippen molar-refractivity contribution in [3.63, 3.8) is 0 Å². The molecule has 0 aliphatic rings. The summed E-state index contributed by atoms with van der Waals surface area (Å²) < 4.78 is 13.6. The molecule has 4 aromatic rings. The molecule has 10 heteroatoms. The van der Waals surface area contributed by atoms with Crippen LogP contribution in [0.25, 0.3) is 10.9 Å². The van der Waals surface area contributed by atoms with Gasteiger partial charge in [0.15, 0.2) is 0 Å². The van der Waals surface area contributed by atoms with Crippen LogP contribution in [0.2, 0.25) is 0 Å². The van der Waals surface area contributed by atoms with Crippen molar-refractivity contribution in [2.75, 3.05) is 24.9 Å². The molecule has 0 spiro atoms. The Labute approximate surface area is 217 Å². The van der Waals surface area contributed by atoms with E-state index in [0.29, 0.717) is 23.6 Å². The number of rotatable bonds is 10. The van der Waals surface area contributed by atoms with E-state index in [4.69, 9.17) is 21.1 Å². The van der Waals surface area contributed by atoms with Gasteiger partial charge in [0.05, 0.1) is 31.3 Å². The molecule has 0 atom stereocenters. The topological polar surface area (TPSA) is 112 Å². The minimum atomic E-state index is -0.537. The van der Waals surface area contributed by atoms with Gasteiger partial charge in [-0.3, -0.25) is 18.7 Å². The number of aromatic hydroxyl groups is 1. The molecule has 0 unspecified atom stereocenters. The van der Waals surface area contributed by atoms with Crippen LogP contribution in [0.1, 0.15) is 12.0 Å². The molecule has 4 rings (SSSR count). The van der Waals surface area contributed by atoms with Crippen molar-refractivity contribution < 1.29 is 19.4 Å². The average Bonchev–Trinajstić information content (AvgIpc) is 2.92. The van der Waals surface area contributed by atoms with E-state index in [1.165, 1.54) is 10.6 Å². The van der Waals surface area contributed by atoms with Crippen LogP contribution in [-0.2, 0) is 17.9 Å². The highest BCUT2D eigenvalue weighted by Crippen LogP contribution is 2.24. The van der Waals surface area contributed by atoms with Gasteiger partial charge in [-0.25, -0.2) is 4.79 Å². The molecule has 3 aromatic carbocycles. The fourth-order valence-corrected chi connectivity index (χ4v) is 4.07.